The standard InChI is InChI=1S/C26H25F3N2O2/c1-16(2)31-14-20(15-31)17(3)30-25(32)19-7-12-23-18(13-19)5-4-6-24(23)33-22-10-8-21(9-11-22)26(27,28)29/h4-13,16,20H,14-15H2,1-3H3/b30-17+. The first-order chi connectivity index (χ1) is 15.6. The number of carbonyl (C=O) groups is 1. The lowest BCUT2D eigenvalue weighted by atomic mass is 9.94. The van der Waals surface area contributed by atoms with Gasteiger partial charge in [0.15, 0.2) is 0 Å². The van der Waals surface area contributed by atoms with E-state index in [0.717, 1.165) is 41.7 Å². The van der Waals surface area contributed by atoms with Gasteiger partial charge in [-0.15, -0.1) is 0 Å². The van der Waals surface area contributed by atoms with Crippen molar-refractivity contribution < 1.29 is 22.7 Å². The molecule has 0 atom stereocenters. The highest BCUT2D eigenvalue weighted by atomic mass is 19.4. The Balaban J connectivity index is 1.51. The summed E-state index contributed by atoms with van der Waals surface area (Å²) in [5.41, 5.74) is 0.593. The number of alkyl halides is 3. The number of aliphatic imine (C=N–C) groups is 1. The second-order valence-electron chi connectivity index (χ2n) is 8.62. The summed E-state index contributed by atoms with van der Waals surface area (Å²) in [5.74, 6) is 0.813. The zero-order valence-electron chi connectivity index (χ0n) is 18.7. The molecule has 0 radical (unpaired) electrons. The third-order valence-corrected chi connectivity index (χ3v) is 6.01. The van der Waals surface area contributed by atoms with Gasteiger partial charge in [-0.1, -0.05) is 12.1 Å². The summed E-state index contributed by atoms with van der Waals surface area (Å²) in [6.45, 7) is 8.04. The van der Waals surface area contributed by atoms with Crippen LogP contribution in [0.4, 0.5) is 13.2 Å². The van der Waals surface area contributed by atoms with Gasteiger partial charge < -0.3 is 4.74 Å². The molecule has 1 aliphatic rings. The molecule has 0 saturated carbocycles. The van der Waals surface area contributed by atoms with Crippen LogP contribution in [0.2, 0.25) is 0 Å². The van der Waals surface area contributed by atoms with Crippen LogP contribution in [0, 0.1) is 5.92 Å². The van der Waals surface area contributed by atoms with E-state index in [-0.39, 0.29) is 5.91 Å². The molecule has 4 nitrogen and oxygen atoms in total. The number of carbonyl (C=O) groups excluding carboxylic acids is 1. The molecule has 1 fully saturated rings. The van der Waals surface area contributed by atoms with Gasteiger partial charge in [0.1, 0.15) is 11.5 Å². The molecule has 0 spiro atoms. The van der Waals surface area contributed by atoms with E-state index in [9.17, 15) is 18.0 Å². The zero-order chi connectivity index (χ0) is 23.8. The second-order valence-corrected chi connectivity index (χ2v) is 8.62. The van der Waals surface area contributed by atoms with Crippen LogP contribution in [0.5, 0.6) is 11.5 Å². The highest BCUT2D eigenvalue weighted by Gasteiger charge is 2.31. The largest absolute Gasteiger partial charge is 0.457 e. The summed E-state index contributed by atoms with van der Waals surface area (Å²) in [7, 11) is 0. The number of rotatable bonds is 5. The molecule has 0 bridgehead atoms. The van der Waals surface area contributed by atoms with Crippen molar-refractivity contribution in [3.63, 3.8) is 0 Å². The third-order valence-electron chi connectivity index (χ3n) is 6.01. The molecular weight excluding hydrogens is 429 g/mol. The van der Waals surface area contributed by atoms with E-state index in [1.807, 2.05) is 13.0 Å². The van der Waals surface area contributed by atoms with Gasteiger partial charge >= 0.3 is 6.18 Å². The van der Waals surface area contributed by atoms with Crippen LogP contribution in [-0.4, -0.2) is 35.7 Å². The molecule has 33 heavy (non-hydrogen) atoms. The predicted octanol–water partition coefficient (Wildman–Crippen LogP) is 6.59. The van der Waals surface area contributed by atoms with Crippen molar-refractivity contribution in [2.75, 3.05) is 13.1 Å². The van der Waals surface area contributed by atoms with Crippen LogP contribution in [0.15, 0.2) is 65.7 Å². The van der Waals surface area contributed by atoms with Crippen LogP contribution in [0.3, 0.4) is 0 Å². The Morgan fingerprint density at radius 3 is 2.39 bits per heavy atom. The fraction of sp³-hybridized carbons (Fsp3) is 0.308. The van der Waals surface area contributed by atoms with Crippen LogP contribution < -0.4 is 4.74 Å². The predicted molar refractivity (Wildman–Crippen MR) is 123 cm³/mol. The number of amides is 1. The maximum atomic E-state index is 12.8. The number of nitrogens with zero attached hydrogens (tertiary/aromatic N) is 2. The first kappa shape index (κ1) is 23.0. The minimum absolute atomic E-state index is 0.286. The van der Waals surface area contributed by atoms with Gasteiger partial charge in [0.05, 0.1) is 5.56 Å². The molecule has 4 rings (SSSR count). The van der Waals surface area contributed by atoms with E-state index in [0.29, 0.717) is 29.0 Å². The van der Waals surface area contributed by atoms with Gasteiger partial charge in [0.25, 0.3) is 5.91 Å². The Morgan fingerprint density at radius 1 is 1.06 bits per heavy atom. The normalized spacial score (nSPS) is 15.7. The second kappa shape index (κ2) is 8.98. The van der Waals surface area contributed by atoms with Gasteiger partial charge in [0, 0.05) is 41.7 Å². The summed E-state index contributed by atoms with van der Waals surface area (Å²) < 4.78 is 44.1. The highest BCUT2D eigenvalue weighted by molar-refractivity contribution is 6.06. The summed E-state index contributed by atoms with van der Waals surface area (Å²) in [6.07, 6.45) is -4.39. The van der Waals surface area contributed by atoms with Crippen molar-refractivity contribution in [1.82, 2.24) is 4.90 Å². The molecule has 3 aromatic carbocycles. The minimum Gasteiger partial charge on any atom is -0.457 e. The molecular formula is C26H25F3N2O2. The van der Waals surface area contributed by atoms with E-state index in [4.69, 9.17) is 4.74 Å². The molecule has 1 saturated heterocycles. The Labute approximate surface area is 190 Å². The molecule has 1 amide bonds. The van der Waals surface area contributed by atoms with Crippen molar-refractivity contribution >= 4 is 22.4 Å². The molecule has 0 unspecified atom stereocenters. The Bertz CT molecular complexity index is 1190. The Morgan fingerprint density at radius 2 is 1.76 bits per heavy atom. The van der Waals surface area contributed by atoms with Crippen LogP contribution in [0.25, 0.3) is 10.8 Å². The van der Waals surface area contributed by atoms with Crippen molar-refractivity contribution in [3.8, 4) is 11.5 Å². The first-order valence-electron chi connectivity index (χ1n) is 10.8. The average Bonchev–Trinajstić information content (AvgIpc) is 2.72. The lowest BCUT2D eigenvalue weighted by Crippen LogP contribution is -2.52. The third kappa shape index (κ3) is 5.09. The van der Waals surface area contributed by atoms with Crippen LogP contribution in [-0.2, 0) is 6.18 Å². The Kier molecular flexibility index (Phi) is 6.26. The first-order valence-corrected chi connectivity index (χ1v) is 10.8. The number of hydrogen-bond acceptors (Lipinski definition) is 3. The zero-order valence-corrected chi connectivity index (χ0v) is 18.7. The maximum absolute atomic E-state index is 12.8. The monoisotopic (exact) mass is 454 g/mol. The number of hydrogen-bond donors (Lipinski definition) is 0. The van der Waals surface area contributed by atoms with Gasteiger partial charge in [-0.05, 0) is 74.7 Å². The van der Waals surface area contributed by atoms with E-state index in [1.165, 1.54) is 12.1 Å². The van der Waals surface area contributed by atoms with Crippen molar-refractivity contribution in [2.24, 2.45) is 10.9 Å². The van der Waals surface area contributed by atoms with Crippen LogP contribution in [0.1, 0.15) is 36.7 Å². The van der Waals surface area contributed by atoms with Crippen molar-refractivity contribution in [1.29, 1.82) is 0 Å². The number of benzene rings is 3. The van der Waals surface area contributed by atoms with E-state index in [2.05, 4.69) is 23.7 Å². The fourth-order valence-corrected chi connectivity index (χ4v) is 3.83. The van der Waals surface area contributed by atoms with Crippen LogP contribution >= 0.6 is 0 Å². The number of likely N-dealkylation sites (tertiary alicyclic amines) is 1. The SMILES string of the molecule is C/C(=N\C(=O)c1ccc2c(Oc3ccc(C(F)(F)F)cc3)cccc2c1)C1CN(C(C)C)C1. The van der Waals surface area contributed by atoms with Crippen molar-refractivity contribution in [3.05, 3.63) is 71.8 Å². The Hall–Kier alpha value is -3.19. The molecule has 7 heteroatoms. The number of ether oxygens (including phenoxy) is 1. The van der Waals surface area contributed by atoms with Gasteiger partial charge in [-0.25, -0.2) is 4.99 Å². The fourth-order valence-electron chi connectivity index (χ4n) is 3.83. The summed E-state index contributed by atoms with van der Waals surface area (Å²) in [5, 5.41) is 1.54. The van der Waals surface area contributed by atoms with E-state index < -0.39 is 11.7 Å². The van der Waals surface area contributed by atoms with Crippen molar-refractivity contribution in [2.45, 2.75) is 33.0 Å². The van der Waals surface area contributed by atoms with E-state index in [1.54, 1.807) is 30.3 Å². The molecule has 172 valence electrons. The number of halogens is 3. The smallest absolute Gasteiger partial charge is 0.416 e. The summed E-state index contributed by atoms with van der Waals surface area (Å²) >= 11 is 0. The molecule has 1 heterocycles. The maximum Gasteiger partial charge on any atom is 0.416 e. The quantitative estimate of drug-likeness (QED) is 0.408. The molecule has 0 aromatic heterocycles. The molecule has 1 aliphatic heterocycles. The summed E-state index contributed by atoms with van der Waals surface area (Å²) in [6, 6.07) is 15.6. The van der Waals surface area contributed by atoms with Gasteiger partial charge in [-0.2, -0.15) is 13.2 Å². The topological polar surface area (TPSA) is 41.9 Å². The minimum atomic E-state index is -4.39. The average molecular weight is 454 g/mol. The molecule has 0 aliphatic carbocycles. The lowest BCUT2D eigenvalue weighted by molar-refractivity contribution is -0.137. The molecule has 0 N–H and O–H groups in total. The summed E-state index contributed by atoms with van der Waals surface area (Å²) in [4.78, 5) is 19.4. The highest BCUT2D eigenvalue weighted by Crippen LogP contribution is 2.34. The molecule has 3 aromatic rings. The number of fused-ring (bicyclic) bond motifs is 1. The lowest BCUT2D eigenvalue weighted by Gasteiger charge is -2.42. The van der Waals surface area contributed by atoms with Gasteiger partial charge in [0.2, 0.25) is 0 Å². The van der Waals surface area contributed by atoms with E-state index >= 15 is 0 Å². The van der Waals surface area contributed by atoms with Gasteiger partial charge in [-0.3, -0.25) is 9.69 Å².